The van der Waals surface area contributed by atoms with Gasteiger partial charge in [-0.15, -0.1) is 0 Å². The van der Waals surface area contributed by atoms with E-state index in [1.807, 2.05) is 18.2 Å². The standard InChI is InChI=1S/C21H20F4N6O.C2HF3O2/c22-19-15(4-2-5-16(19)21(23,24)25)20(32)31-11-9-30(10-12-31)13-14-3-1-6-17(27-14)28-18-7-8-26-29-18;3-2(4,5)1(6)7/h1-8H,9-13H2,(H2,26,27,28,29);(H,6,7). The van der Waals surface area contributed by atoms with E-state index in [2.05, 4.69) is 25.4 Å². The summed E-state index contributed by atoms with van der Waals surface area (Å²) >= 11 is 0. The van der Waals surface area contributed by atoms with Gasteiger partial charge in [0.2, 0.25) is 0 Å². The number of carboxylic acids is 1. The number of aromatic nitrogens is 3. The molecular weight excluding hydrogens is 541 g/mol. The number of benzene rings is 1. The third-order valence-electron chi connectivity index (χ3n) is 5.39. The number of nitrogens with one attached hydrogen (secondary N) is 2. The number of hydrogen-bond donors (Lipinski definition) is 3. The fourth-order valence-electron chi connectivity index (χ4n) is 3.53. The molecule has 0 atom stereocenters. The minimum Gasteiger partial charge on any atom is -0.475 e. The number of pyridine rings is 1. The zero-order valence-electron chi connectivity index (χ0n) is 19.9. The summed E-state index contributed by atoms with van der Waals surface area (Å²) in [5.74, 6) is -3.66. The normalized spacial score (nSPS) is 14.4. The number of H-pyrrole nitrogens is 1. The van der Waals surface area contributed by atoms with Crippen LogP contribution in [0.15, 0.2) is 48.7 Å². The summed E-state index contributed by atoms with van der Waals surface area (Å²) in [7, 11) is 0. The highest BCUT2D eigenvalue weighted by Crippen LogP contribution is 2.32. The van der Waals surface area contributed by atoms with E-state index in [0.717, 1.165) is 17.8 Å². The summed E-state index contributed by atoms with van der Waals surface area (Å²) in [6, 6.07) is 10.1. The number of anilines is 2. The molecule has 1 saturated heterocycles. The zero-order chi connectivity index (χ0) is 28.8. The minimum atomic E-state index is -5.08. The summed E-state index contributed by atoms with van der Waals surface area (Å²) in [6.45, 7) is 2.08. The van der Waals surface area contributed by atoms with E-state index < -0.39 is 41.2 Å². The second kappa shape index (κ2) is 12.1. The third-order valence-corrected chi connectivity index (χ3v) is 5.39. The van der Waals surface area contributed by atoms with Crippen molar-refractivity contribution in [3.8, 4) is 0 Å². The van der Waals surface area contributed by atoms with Gasteiger partial charge in [-0.1, -0.05) is 12.1 Å². The van der Waals surface area contributed by atoms with Crippen molar-refractivity contribution in [2.75, 3.05) is 31.5 Å². The highest BCUT2D eigenvalue weighted by atomic mass is 19.4. The summed E-state index contributed by atoms with van der Waals surface area (Å²) in [4.78, 5) is 29.5. The van der Waals surface area contributed by atoms with Gasteiger partial charge in [0, 0.05) is 38.8 Å². The van der Waals surface area contributed by atoms with Gasteiger partial charge >= 0.3 is 18.3 Å². The molecule has 0 unspecified atom stereocenters. The van der Waals surface area contributed by atoms with Gasteiger partial charge in [0.15, 0.2) is 0 Å². The molecule has 1 aliphatic rings. The molecule has 1 aliphatic heterocycles. The van der Waals surface area contributed by atoms with Gasteiger partial charge in [-0.05, 0) is 24.3 Å². The fraction of sp³-hybridized carbons (Fsp3) is 0.304. The van der Waals surface area contributed by atoms with Crippen LogP contribution in [0.5, 0.6) is 0 Å². The van der Waals surface area contributed by atoms with Crippen LogP contribution in [-0.4, -0.2) is 74.3 Å². The maximum absolute atomic E-state index is 14.3. The van der Waals surface area contributed by atoms with Gasteiger partial charge < -0.3 is 15.3 Å². The van der Waals surface area contributed by atoms with Gasteiger partial charge in [-0.2, -0.15) is 31.4 Å². The van der Waals surface area contributed by atoms with Crippen molar-refractivity contribution < 1.29 is 45.4 Å². The molecule has 0 spiro atoms. The number of rotatable bonds is 5. The molecule has 16 heteroatoms. The van der Waals surface area contributed by atoms with Crippen molar-refractivity contribution in [1.29, 1.82) is 0 Å². The van der Waals surface area contributed by atoms with Crippen LogP contribution >= 0.6 is 0 Å². The number of nitrogens with zero attached hydrogens (tertiary/aromatic N) is 4. The second-order valence-electron chi connectivity index (χ2n) is 8.15. The molecule has 210 valence electrons. The Bertz CT molecular complexity index is 1270. The molecule has 0 saturated carbocycles. The van der Waals surface area contributed by atoms with Crippen LogP contribution in [0.4, 0.5) is 42.4 Å². The second-order valence-corrected chi connectivity index (χ2v) is 8.15. The first-order valence-electron chi connectivity index (χ1n) is 11.2. The Balaban J connectivity index is 0.000000532. The van der Waals surface area contributed by atoms with Crippen LogP contribution in [0.25, 0.3) is 0 Å². The minimum absolute atomic E-state index is 0.278. The van der Waals surface area contributed by atoms with E-state index in [1.165, 1.54) is 4.90 Å². The van der Waals surface area contributed by atoms with Crippen LogP contribution in [0.3, 0.4) is 0 Å². The van der Waals surface area contributed by atoms with Crippen LogP contribution in [0.2, 0.25) is 0 Å². The molecule has 1 aromatic carbocycles. The summed E-state index contributed by atoms with van der Waals surface area (Å²) in [5.41, 5.74) is -1.18. The lowest BCUT2D eigenvalue weighted by Gasteiger charge is -2.34. The Hall–Kier alpha value is -4.21. The van der Waals surface area contributed by atoms with E-state index in [0.29, 0.717) is 37.3 Å². The quantitative estimate of drug-likeness (QED) is 0.398. The van der Waals surface area contributed by atoms with Gasteiger partial charge in [-0.3, -0.25) is 14.8 Å². The number of piperazine rings is 1. The van der Waals surface area contributed by atoms with E-state index in [9.17, 15) is 35.5 Å². The molecular formula is C23H21F7N6O3. The van der Waals surface area contributed by atoms with Crippen molar-refractivity contribution in [1.82, 2.24) is 25.0 Å². The van der Waals surface area contributed by atoms with Gasteiger partial charge in [0.05, 0.1) is 23.0 Å². The number of carbonyl (C=O) groups is 2. The molecule has 3 heterocycles. The van der Waals surface area contributed by atoms with Crippen LogP contribution in [-0.2, 0) is 17.5 Å². The Morgan fingerprint density at radius 2 is 1.62 bits per heavy atom. The molecule has 0 radical (unpaired) electrons. The molecule has 1 fully saturated rings. The molecule has 4 rings (SSSR count). The first-order valence-corrected chi connectivity index (χ1v) is 11.2. The molecule has 0 bridgehead atoms. The molecule has 9 nitrogen and oxygen atoms in total. The van der Waals surface area contributed by atoms with Crippen molar-refractivity contribution in [3.63, 3.8) is 0 Å². The molecule has 3 aromatic rings. The Morgan fingerprint density at radius 1 is 0.974 bits per heavy atom. The number of carboxylic acid groups (broad SMARTS) is 1. The lowest BCUT2D eigenvalue weighted by atomic mass is 10.1. The number of alkyl halides is 6. The van der Waals surface area contributed by atoms with Crippen LogP contribution < -0.4 is 5.32 Å². The number of amides is 1. The maximum atomic E-state index is 14.3. The largest absolute Gasteiger partial charge is 0.490 e. The average Bonchev–Trinajstić information content (AvgIpc) is 3.37. The monoisotopic (exact) mass is 562 g/mol. The number of aromatic amines is 1. The number of halogens is 7. The Labute approximate surface area is 216 Å². The molecule has 3 N–H and O–H groups in total. The van der Waals surface area contributed by atoms with Crippen molar-refractivity contribution >= 4 is 23.5 Å². The van der Waals surface area contributed by atoms with Gasteiger partial charge in [0.25, 0.3) is 5.91 Å². The summed E-state index contributed by atoms with van der Waals surface area (Å²) < 4.78 is 84.9. The highest BCUT2D eigenvalue weighted by molar-refractivity contribution is 5.94. The van der Waals surface area contributed by atoms with Crippen molar-refractivity contribution in [2.45, 2.75) is 18.9 Å². The van der Waals surface area contributed by atoms with E-state index in [-0.39, 0.29) is 13.1 Å². The number of hydrogen-bond acceptors (Lipinski definition) is 6. The van der Waals surface area contributed by atoms with Crippen LogP contribution in [0, 0.1) is 5.82 Å². The van der Waals surface area contributed by atoms with Crippen molar-refractivity contribution in [2.24, 2.45) is 0 Å². The third kappa shape index (κ3) is 8.13. The Kier molecular flexibility index (Phi) is 9.11. The smallest absolute Gasteiger partial charge is 0.475 e. The number of aliphatic carboxylic acids is 1. The molecule has 1 amide bonds. The summed E-state index contributed by atoms with van der Waals surface area (Å²) in [6.07, 6.45) is -8.31. The SMILES string of the molecule is O=C(O)C(F)(F)F.O=C(c1cccc(C(F)(F)F)c1F)N1CCN(Cc2cccc(Nc3ccn[nH]3)n2)CC1. The maximum Gasteiger partial charge on any atom is 0.490 e. The average molecular weight is 562 g/mol. The van der Waals surface area contributed by atoms with Gasteiger partial charge in [0.1, 0.15) is 17.5 Å². The predicted octanol–water partition coefficient (Wildman–Crippen LogP) is 4.30. The first-order chi connectivity index (χ1) is 18.3. The molecule has 39 heavy (non-hydrogen) atoms. The fourth-order valence-corrected chi connectivity index (χ4v) is 3.53. The number of carbonyl (C=O) groups excluding carboxylic acids is 1. The van der Waals surface area contributed by atoms with E-state index in [1.54, 1.807) is 12.3 Å². The van der Waals surface area contributed by atoms with E-state index in [4.69, 9.17) is 9.90 Å². The van der Waals surface area contributed by atoms with Crippen molar-refractivity contribution in [3.05, 3.63) is 71.3 Å². The first kappa shape index (κ1) is 29.3. The zero-order valence-corrected chi connectivity index (χ0v) is 19.9. The molecule has 2 aromatic heterocycles. The van der Waals surface area contributed by atoms with E-state index >= 15 is 0 Å². The predicted molar refractivity (Wildman–Crippen MR) is 122 cm³/mol. The lowest BCUT2D eigenvalue weighted by Crippen LogP contribution is -2.48. The lowest BCUT2D eigenvalue weighted by molar-refractivity contribution is -0.192. The van der Waals surface area contributed by atoms with Gasteiger partial charge in [-0.25, -0.2) is 14.2 Å². The van der Waals surface area contributed by atoms with Crippen LogP contribution in [0.1, 0.15) is 21.6 Å². The highest BCUT2D eigenvalue weighted by Gasteiger charge is 2.38. The summed E-state index contributed by atoms with van der Waals surface area (Å²) in [5, 5.41) is 16.9. The topological polar surface area (TPSA) is 114 Å². The molecule has 0 aliphatic carbocycles. The Morgan fingerprint density at radius 3 is 2.18 bits per heavy atom.